The average Bonchev–Trinajstić information content (AvgIpc) is 3.35. The van der Waals surface area contributed by atoms with Gasteiger partial charge in [-0.25, -0.2) is 0 Å². The summed E-state index contributed by atoms with van der Waals surface area (Å²) in [4.78, 5) is 18.6. The van der Waals surface area contributed by atoms with E-state index in [1.807, 2.05) is 17.0 Å². The molecule has 3 aromatic rings. The van der Waals surface area contributed by atoms with Crippen molar-refractivity contribution in [2.24, 2.45) is 0 Å². The molecule has 2 unspecified atom stereocenters. The molecule has 4 heterocycles. The molecule has 0 saturated carbocycles. The van der Waals surface area contributed by atoms with Crippen LogP contribution < -0.4 is 0 Å². The van der Waals surface area contributed by atoms with Gasteiger partial charge in [-0.15, -0.1) is 11.3 Å². The van der Waals surface area contributed by atoms with Crippen LogP contribution in [0.2, 0.25) is 0 Å². The first kappa shape index (κ1) is 14.2. The number of rotatable bonds is 2. The third-order valence-electron chi connectivity index (χ3n) is 5.35. The average molecular weight is 338 g/mol. The lowest BCUT2D eigenvalue weighted by atomic mass is 10.1. The lowest BCUT2D eigenvalue weighted by molar-refractivity contribution is 0.0646. The highest BCUT2D eigenvalue weighted by Gasteiger charge is 2.44. The Bertz CT molecular complexity index is 914. The van der Waals surface area contributed by atoms with Gasteiger partial charge in [-0.05, 0) is 42.6 Å². The van der Waals surface area contributed by atoms with Crippen molar-refractivity contribution in [3.8, 4) is 10.4 Å². The number of piperazine rings is 1. The molecule has 122 valence electrons. The number of hydrogen-bond donors (Lipinski definition) is 1. The lowest BCUT2D eigenvalue weighted by Gasteiger charge is -2.31. The Balaban J connectivity index is 1.53. The fraction of sp³-hybridized carbons (Fsp3) is 0.333. The van der Waals surface area contributed by atoms with E-state index >= 15 is 0 Å². The van der Waals surface area contributed by atoms with Crippen molar-refractivity contribution < 1.29 is 4.79 Å². The minimum Gasteiger partial charge on any atom is -0.331 e. The second kappa shape index (κ2) is 5.16. The highest BCUT2D eigenvalue weighted by molar-refractivity contribution is 7.13. The first-order chi connectivity index (χ1) is 11.7. The van der Waals surface area contributed by atoms with Gasteiger partial charge in [0, 0.05) is 35.4 Å². The van der Waals surface area contributed by atoms with Crippen molar-refractivity contribution in [3.05, 3.63) is 41.4 Å². The monoisotopic (exact) mass is 338 g/mol. The Morgan fingerprint density at radius 2 is 2.21 bits per heavy atom. The quantitative estimate of drug-likeness (QED) is 0.782. The van der Waals surface area contributed by atoms with E-state index in [4.69, 9.17) is 0 Å². The number of hydrogen-bond acceptors (Lipinski definition) is 4. The molecule has 2 aromatic heterocycles. The second-order valence-electron chi connectivity index (χ2n) is 6.75. The van der Waals surface area contributed by atoms with Gasteiger partial charge < -0.3 is 4.90 Å². The molecule has 2 aliphatic heterocycles. The molecule has 2 atom stereocenters. The van der Waals surface area contributed by atoms with Gasteiger partial charge in [-0.3, -0.25) is 14.8 Å². The maximum absolute atomic E-state index is 13.0. The molecule has 6 heteroatoms. The lowest BCUT2D eigenvalue weighted by Crippen LogP contribution is -2.47. The van der Waals surface area contributed by atoms with Gasteiger partial charge >= 0.3 is 0 Å². The number of amides is 1. The Morgan fingerprint density at radius 1 is 1.29 bits per heavy atom. The Kier molecular flexibility index (Phi) is 3.05. The molecular formula is C18H18N4OS. The Hall–Kier alpha value is -2.18. The summed E-state index contributed by atoms with van der Waals surface area (Å²) in [5.74, 6) is 0.0604. The maximum atomic E-state index is 13.0. The largest absolute Gasteiger partial charge is 0.331 e. The number of nitrogens with zero attached hydrogens (tertiary/aromatic N) is 3. The van der Waals surface area contributed by atoms with Gasteiger partial charge in [0.05, 0.1) is 5.52 Å². The highest BCUT2D eigenvalue weighted by atomic mass is 32.1. The van der Waals surface area contributed by atoms with Crippen LogP contribution in [0.15, 0.2) is 35.7 Å². The van der Waals surface area contributed by atoms with Crippen LogP contribution in [0.5, 0.6) is 0 Å². The van der Waals surface area contributed by atoms with Gasteiger partial charge in [0.25, 0.3) is 5.91 Å². The van der Waals surface area contributed by atoms with Crippen LogP contribution in [0.3, 0.4) is 0 Å². The van der Waals surface area contributed by atoms with Gasteiger partial charge in [-0.2, -0.15) is 5.10 Å². The van der Waals surface area contributed by atoms with Gasteiger partial charge in [-0.1, -0.05) is 12.1 Å². The van der Waals surface area contributed by atoms with E-state index in [1.54, 1.807) is 11.3 Å². The van der Waals surface area contributed by atoms with Crippen LogP contribution in [-0.4, -0.2) is 58.1 Å². The molecule has 2 bridgehead atoms. The number of fused-ring (bicyclic) bond motifs is 3. The summed E-state index contributed by atoms with van der Waals surface area (Å²) in [6.45, 7) is 1.79. The molecule has 24 heavy (non-hydrogen) atoms. The number of likely N-dealkylation sites (tertiary alicyclic amines) is 2. The van der Waals surface area contributed by atoms with Crippen LogP contribution in [0.25, 0.3) is 21.3 Å². The molecule has 0 aliphatic carbocycles. The molecule has 0 spiro atoms. The minimum atomic E-state index is 0.0604. The zero-order valence-electron chi connectivity index (χ0n) is 13.4. The third-order valence-corrected chi connectivity index (χ3v) is 6.27. The summed E-state index contributed by atoms with van der Waals surface area (Å²) in [6, 6.07) is 11.2. The van der Waals surface area contributed by atoms with Crippen molar-refractivity contribution >= 4 is 28.1 Å². The van der Waals surface area contributed by atoms with E-state index in [9.17, 15) is 4.79 Å². The molecule has 2 aliphatic rings. The molecule has 5 nitrogen and oxygen atoms in total. The van der Waals surface area contributed by atoms with E-state index in [0.29, 0.717) is 17.8 Å². The first-order valence-corrected chi connectivity index (χ1v) is 9.12. The summed E-state index contributed by atoms with van der Waals surface area (Å²) in [5, 5.41) is 10.3. The third kappa shape index (κ3) is 2.03. The van der Waals surface area contributed by atoms with E-state index in [-0.39, 0.29) is 5.91 Å². The SMILES string of the molecule is CN1CC2CC1CN2C(=O)c1n[nH]c2ccc(-c3cccs3)cc12. The number of carbonyl (C=O) groups excluding carboxylic acids is 1. The maximum Gasteiger partial charge on any atom is 0.275 e. The van der Waals surface area contributed by atoms with Crippen LogP contribution in [-0.2, 0) is 0 Å². The zero-order chi connectivity index (χ0) is 16.3. The summed E-state index contributed by atoms with van der Waals surface area (Å²) in [7, 11) is 2.14. The predicted octanol–water partition coefficient (Wildman–Crippen LogP) is 2.82. The van der Waals surface area contributed by atoms with Crippen molar-refractivity contribution in [1.82, 2.24) is 20.0 Å². The van der Waals surface area contributed by atoms with Crippen LogP contribution in [0.4, 0.5) is 0 Å². The normalized spacial score (nSPS) is 23.5. The fourth-order valence-corrected chi connectivity index (χ4v) is 4.75. The number of nitrogens with one attached hydrogen (secondary N) is 1. The van der Waals surface area contributed by atoms with Gasteiger partial charge in [0.15, 0.2) is 5.69 Å². The van der Waals surface area contributed by atoms with E-state index in [2.05, 4.69) is 45.7 Å². The number of benzene rings is 1. The molecule has 1 aromatic carbocycles. The first-order valence-electron chi connectivity index (χ1n) is 8.24. The van der Waals surface area contributed by atoms with Crippen molar-refractivity contribution in [2.45, 2.75) is 18.5 Å². The van der Waals surface area contributed by atoms with Crippen molar-refractivity contribution in [1.29, 1.82) is 0 Å². The van der Waals surface area contributed by atoms with E-state index < -0.39 is 0 Å². The minimum absolute atomic E-state index is 0.0604. The summed E-state index contributed by atoms with van der Waals surface area (Å²) < 4.78 is 0. The van der Waals surface area contributed by atoms with Gasteiger partial charge in [0.2, 0.25) is 0 Å². The van der Waals surface area contributed by atoms with Crippen LogP contribution in [0.1, 0.15) is 16.9 Å². The van der Waals surface area contributed by atoms with Gasteiger partial charge in [0.1, 0.15) is 0 Å². The summed E-state index contributed by atoms with van der Waals surface area (Å²) in [6.07, 6.45) is 1.09. The van der Waals surface area contributed by atoms with Crippen molar-refractivity contribution in [2.75, 3.05) is 20.1 Å². The molecule has 0 radical (unpaired) electrons. The number of aromatic amines is 1. The molecule has 2 saturated heterocycles. The standard InChI is InChI=1S/C18H18N4OS/c1-21-9-13-8-12(21)10-22(13)18(23)17-14-7-11(16-3-2-6-24-16)4-5-15(14)19-20-17/h2-7,12-13H,8-10H2,1H3,(H,19,20). The molecule has 1 amide bonds. The predicted molar refractivity (Wildman–Crippen MR) is 95.3 cm³/mol. The number of thiophene rings is 1. The van der Waals surface area contributed by atoms with Crippen molar-refractivity contribution in [3.63, 3.8) is 0 Å². The van der Waals surface area contributed by atoms with Crippen LogP contribution >= 0.6 is 11.3 Å². The van der Waals surface area contributed by atoms with E-state index in [0.717, 1.165) is 36.0 Å². The fourth-order valence-electron chi connectivity index (χ4n) is 4.02. The number of H-pyrrole nitrogens is 1. The molecule has 2 fully saturated rings. The topological polar surface area (TPSA) is 52.2 Å². The molecule has 5 rings (SSSR count). The number of carbonyl (C=O) groups is 1. The number of aromatic nitrogens is 2. The summed E-state index contributed by atoms with van der Waals surface area (Å²) >= 11 is 1.71. The molecule has 1 N–H and O–H groups in total. The Morgan fingerprint density at radius 3 is 2.92 bits per heavy atom. The highest BCUT2D eigenvalue weighted by Crippen LogP contribution is 2.33. The smallest absolute Gasteiger partial charge is 0.275 e. The number of likely N-dealkylation sites (N-methyl/N-ethyl adjacent to an activating group) is 1. The second-order valence-corrected chi connectivity index (χ2v) is 7.70. The zero-order valence-corrected chi connectivity index (χ0v) is 14.2. The van der Waals surface area contributed by atoms with E-state index in [1.165, 1.54) is 4.88 Å². The molecular weight excluding hydrogens is 320 g/mol. The summed E-state index contributed by atoms with van der Waals surface area (Å²) in [5.41, 5.74) is 2.61. The Labute approximate surface area is 143 Å². The van der Waals surface area contributed by atoms with Crippen LogP contribution in [0, 0.1) is 0 Å².